The zero-order valence-corrected chi connectivity index (χ0v) is 12.7. The fraction of sp³-hybridized carbons (Fsp3) is 0.400. The van der Waals surface area contributed by atoms with Crippen molar-refractivity contribution < 1.29 is 23.9 Å². The number of hydrogen-bond donors (Lipinski definition) is 2. The molecule has 22 heavy (non-hydrogen) atoms. The van der Waals surface area contributed by atoms with Gasteiger partial charge in [0.2, 0.25) is 0 Å². The zero-order valence-electron chi connectivity index (χ0n) is 12.7. The molecule has 0 radical (unpaired) electrons. The molecule has 7 heteroatoms. The Balaban J connectivity index is 2.47. The van der Waals surface area contributed by atoms with Crippen molar-refractivity contribution in [2.24, 2.45) is 0 Å². The molecule has 120 valence electrons. The molecule has 0 aliphatic heterocycles. The van der Waals surface area contributed by atoms with Gasteiger partial charge in [0, 0.05) is 6.54 Å². The van der Waals surface area contributed by atoms with Crippen LogP contribution in [0, 0.1) is 0 Å². The molecular weight excluding hydrogens is 288 g/mol. The van der Waals surface area contributed by atoms with Crippen LogP contribution in [0.1, 0.15) is 30.6 Å². The molecule has 1 aromatic rings. The molecule has 0 fully saturated rings. The number of benzene rings is 1. The minimum Gasteiger partial charge on any atom is -0.484 e. The van der Waals surface area contributed by atoms with Gasteiger partial charge < -0.3 is 14.8 Å². The van der Waals surface area contributed by atoms with Crippen LogP contribution < -0.4 is 15.4 Å². The lowest BCUT2D eigenvalue weighted by atomic mass is 10.2. The van der Waals surface area contributed by atoms with Crippen molar-refractivity contribution >= 4 is 17.9 Å². The van der Waals surface area contributed by atoms with E-state index >= 15 is 0 Å². The van der Waals surface area contributed by atoms with Crippen molar-refractivity contribution in [3.8, 4) is 5.75 Å². The summed E-state index contributed by atoms with van der Waals surface area (Å²) in [4.78, 5) is 34.4. The van der Waals surface area contributed by atoms with Crippen molar-refractivity contribution in [3.05, 3.63) is 29.8 Å². The predicted octanol–water partition coefficient (Wildman–Crippen LogP) is 1.48. The summed E-state index contributed by atoms with van der Waals surface area (Å²) in [7, 11) is 0. The highest BCUT2D eigenvalue weighted by molar-refractivity contribution is 5.95. The van der Waals surface area contributed by atoms with Gasteiger partial charge in [-0.3, -0.25) is 10.1 Å². The van der Waals surface area contributed by atoms with Crippen LogP contribution in [0.2, 0.25) is 0 Å². The third-order valence-corrected chi connectivity index (χ3v) is 2.50. The van der Waals surface area contributed by atoms with Crippen LogP contribution in [0.15, 0.2) is 24.3 Å². The summed E-state index contributed by atoms with van der Waals surface area (Å²) in [5, 5.41) is 4.65. The molecule has 0 heterocycles. The van der Waals surface area contributed by atoms with Crippen LogP contribution >= 0.6 is 0 Å². The molecule has 0 spiro atoms. The molecule has 0 aromatic heterocycles. The fourth-order valence-electron chi connectivity index (χ4n) is 1.52. The van der Waals surface area contributed by atoms with Gasteiger partial charge in [0.05, 0.1) is 12.2 Å². The lowest BCUT2D eigenvalue weighted by Crippen LogP contribution is -2.41. The maximum Gasteiger partial charge on any atom is 0.338 e. The number of carbonyl (C=O) groups is 3. The average molecular weight is 308 g/mol. The highest BCUT2D eigenvalue weighted by Gasteiger charge is 2.10. The van der Waals surface area contributed by atoms with Gasteiger partial charge in [0.1, 0.15) is 5.75 Å². The fourth-order valence-corrected chi connectivity index (χ4v) is 1.52. The van der Waals surface area contributed by atoms with E-state index < -0.39 is 17.9 Å². The Morgan fingerprint density at radius 3 is 2.64 bits per heavy atom. The number of ether oxygens (including phenoxy) is 2. The Labute approximate surface area is 129 Å². The smallest absolute Gasteiger partial charge is 0.338 e. The number of esters is 1. The van der Waals surface area contributed by atoms with Crippen molar-refractivity contribution in [3.63, 3.8) is 0 Å². The second kappa shape index (κ2) is 9.38. The first-order valence-corrected chi connectivity index (χ1v) is 7.04. The summed E-state index contributed by atoms with van der Waals surface area (Å²) in [6.07, 6.45) is 0.777. The van der Waals surface area contributed by atoms with Crippen LogP contribution in [0.25, 0.3) is 0 Å². The number of amides is 3. The first-order valence-electron chi connectivity index (χ1n) is 7.04. The lowest BCUT2D eigenvalue weighted by Gasteiger charge is -2.08. The minimum absolute atomic E-state index is 0.277. The Kier molecular flexibility index (Phi) is 7.45. The normalized spacial score (nSPS) is 9.73. The van der Waals surface area contributed by atoms with Crippen LogP contribution in [0.3, 0.4) is 0 Å². The van der Waals surface area contributed by atoms with Crippen LogP contribution in [0.4, 0.5) is 4.79 Å². The van der Waals surface area contributed by atoms with E-state index in [1.54, 1.807) is 25.1 Å². The Bertz CT molecular complexity index is 530. The average Bonchev–Trinajstić information content (AvgIpc) is 2.51. The molecule has 1 rings (SSSR count). The molecule has 0 aliphatic rings. The highest BCUT2D eigenvalue weighted by Crippen LogP contribution is 2.14. The van der Waals surface area contributed by atoms with Crippen molar-refractivity contribution in [2.45, 2.75) is 20.3 Å². The van der Waals surface area contributed by atoms with Gasteiger partial charge in [-0.2, -0.15) is 0 Å². The first-order chi connectivity index (χ1) is 10.6. The maximum atomic E-state index is 11.6. The van der Waals surface area contributed by atoms with Crippen molar-refractivity contribution in [1.29, 1.82) is 0 Å². The second-order valence-corrected chi connectivity index (χ2v) is 4.34. The van der Waals surface area contributed by atoms with Crippen LogP contribution in [-0.2, 0) is 9.53 Å². The molecular formula is C15H20N2O5. The standard InChI is InChI=1S/C15H20N2O5/c1-3-8-16-15(20)17-13(18)10-22-12-7-5-6-11(9-12)14(19)21-4-2/h5-7,9H,3-4,8,10H2,1-2H3,(H2,16,17,18,20). The molecule has 0 unspecified atom stereocenters. The first kappa shape index (κ1) is 17.5. The van der Waals surface area contributed by atoms with E-state index in [0.717, 1.165) is 6.42 Å². The Morgan fingerprint density at radius 1 is 1.18 bits per heavy atom. The summed E-state index contributed by atoms with van der Waals surface area (Å²) >= 11 is 0. The molecule has 0 saturated heterocycles. The van der Waals surface area contributed by atoms with Crippen molar-refractivity contribution in [2.75, 3.05) is 19.8 Å². The topological polar surface area (TPSA) is 93.7 Å². The summed E-state index contributed by atoms with van der Waals surface area (Å²) in [6, 6.07) is 5.72. The van der Waals surface area contributed by atoms with Gasteiger partial charge in [-0.25, -0.2) is 9.59 Å². The van der Waals surface area contributed by atoms with E-state index in [1.165, 1.54) is 6.07 Å². The number of imide groups is 1. The van der Waals surface area contributed by atoms with E-state index in [-0.39, 0.29) is 13.2 Å². The molecule has 1 aromatic carbocycles. The largest absolute Gasteiger partial charge is 0.484 e. The monoisotopic (exact) mass is 308 g/mol. The third-order valence-electron chi connectivity index (χ3n) is 2.50. The summed E-state index contributed by atoms with van der Waals surface area (Å²) in [6.45, 7) is 4.06. The number of rotatable bonds is 7. The highest BCUT2D eigenvalue weighted by atomic mass is 16.5. The number of urea groups is 1. The van der Waals surface area contributed by atoms with Gasteiger partial charge in [0.25, 0.3) is 5.91 Å². The van der Waals surface area contributed by atoms with Gasteiger partial charge in [0.15, 0.2) is 6.61 Å². The van der Waals surface area contributed by atoms with Crippen molar-refractivity contribution in [1.82, 2.24) is 10.6 Å². The van der Waals surface area contributed by atoms with Gasteiger partial charge in [-0.15, -0.1) is 0 Å². The predicted molar refractivity (Wildman–Crippen MR) is 79.7 cm³/mol. The molecule has 7 nitrogen and oxygen atoms in total. The molecule has 2 N–H and O–H groups in total. The van der Waals surface area contributed by atoms with Crippen LogP contribution in [-0.4, -0.2) is 37.7 Å². The second-order valence-electron chi connectivity index (χ2n) is 4.34. The molecule has 0 aliphatic carbocycles. The molecule has 0 atom stereocenters. The number of carbonyl (C=O) groups excluding carboxylic acids is 3. The maximum absolute atomic E-state index is 11.6. The van der Waals surface area contributed by atoms with E-state index in [2.05, 4.69) is 10.6 Å². The Hall–Kier alpha value is -2.57. The van der Waals surface area contributed by atoms with E-state index in [9.17, 15) is 14.4 Å². The van der Waals surface area contributed by atoms with E-state index in [1.807, 2.05) is 6.92 Å². The van der Waals surface area contributed by atoms with Gasteiger partial charge >= 0.3 is 12.0 Å². The summed E-state index contributed by atoms with van der Waals surface area (Å²) in [5.41, 5.74) is 0.334. The van der Waals surface area contributed by atoms with Crippen LogP contribution in [0.5, 0.6) is 5.75 Å². The SMILES string of the molecule is CCCNC(=O)NC(=O)COc1cccc(C(=O)OCC)c1. The van der Waals surface area contributed by atoms with E-state index in [4.69, 9.17) is 9.47 Å². The zero-order chi connectivity index (χ0) is 16.4. The number of nitrogens with one attached hydrogen (secondary N) is 2. The summed E-state index contributed by atoms with van der Waals surface area (Å²) < 4.78 is 10.1. The van der Waals surface area contributed by atoms with Gasteiger partial charge in [-0.1, -0.05) is 13.0 Å². The molecule has 3 amide bonds. The van der Waals surface area contributed by atoms with E-state index in [0.29, 0.717) is 17.9 Å². The van der Waals surface area contributed by atoms with Gasteiger partial charge in [-0.05, 0) is 31.5 Å². The quantitative estimate of drug-likeness (QED) is 0.744. The Morgan fingerprint density at radius 2 is 1.95 bits per heavy atom. The lowest BCUT2D eigenvalue weighted by molar-refractivity contribution is -0.122. The molecule has 0 saturated carbocycles. The third kappa shape index (κ3) is 6.25. The molecule has 0 bridgehead atoms. The summed E-state index contributed by atoms with van der Waals surface area (Å²) in [5.74, 6) is -0.693. The minimum atomic E-state index is -0.574. The number of hydrogen-bond acceptors (Lipinski definition) is 5.